The van der Waals surface area contributed by atoms with Crippen LogP contribution in [0.25, 0.3) is 0 Å². The van der Waals surface area contributed by atoms with Gasteiger partial charge in [0.15, 0.2) is 5.60 Å². The van der Waals surface area contributed by atoms with Crippen LogP contribution in [0, 0.1) is 0 Å². The molecule has 11 nitrogen and oxygen atoms in total. The summed E-state index contributed by atoms with van der Waals surface area (Å²) in [4.78, 5) is 31.5. The standard InChI is InChI=1S/C15H21N3O.C6H8O7/c1-17(2)11-12-19-15(13-7-5-4-6-8-13)14-9-10-16-18(14)3;7-3(8)1-6(13,5(11)12)2-4(9)10/h4-10,15H,11-12H2,1-3H3;13H,1-2H2,(H,7,8)(H,9,10)(H,11,12)/i3D3,15D;. The number of carboxylic acid groups (broad SMARTS) is 3. The molecule has 0 saturated carbocycles. The Bertz CT molecular complexity index is 1010. The van der Waals surface area contributed by atoms with Crippen molar-refractivity contribution >= 4 is 17.9 Å². The van der Waals surface area contributed by atoms with Crippen molar-refractivity contribution in [3.05, 3.63) is 53.9 Å². The second-order valence-corrected chi connectivity index (χ2v) is 7.09. The lowest BCUT2D eigenvalue weighted by molar-refractivity contribution is -0.858. The molecular formula is C21H29N3O8. The molecule has 176 valence electrons. The fourth-order valence-corrected chi connectivity index (χ4v) is 2.43. The van der Waals surface area contributed by atoms with Crippen LogP contribution >= 0.6 is 0 Å². The molecule has 2 unspecified atom stereocenters. The van der Waals surface area contributed by atoms with E-state index in [4.69, 9.17) is 25.5 Å². The minimum absolute atomic E-state index is 0.192. The highest BCUT2D eigenvalue weighted by Crippen LogP contribution is 2.24. The summed E-state index contributed by atoms with van der Waals surface area (Å²) in [6.45, 7) is -1.43. The van der Waals surface area contributed by atoms with Crippen molar-refractivity contribution in [3.8, 4) is 0 Å². The summed E-state index contributed by atoms with van der Waals surface area (Å²) in [7, 11) is 3.98. The molecule has 0 bridgehead atoms. The van der Waals surface area contributed by atoms with Crippen LogP contribution < -0.4 is 10.0 Å². The highest BCUT2D eigenvalue weighted by molar-refractivity contribution is 5.87. The van der Waals surface area contributed by atoms with Crippen molar-refractivity contribution in [1.29, 1.82) is 0 Å². The summed E-state index contributed by atoms with van der Waals surface area (Å²) in [6.07, 6.45) is -2.68. The molecule has 1 aromatic heterocycles. The number of nitrogens with zero attached hydrogens (tertiary/aromatic N) is 2. The highest BCUT2D eigenvalue weighted by atomic mass is 16.5. The number of hydrogen-bond acceptors (Lipinski definition) is 7. The van der Waals surface area contributed by atoms with Crippen LogP contribution in [-0.4, -0.2) is 75.9 Å². The molecule has 0 spiro atoms. The van der Waals surface area contributed by atoms with E-state index in [1.165, 1.54) is 17.2 Å². The third-order valence-corrected chi connectivity index (χ3v) is 4.04. The highest BCUT2D eigenvalue weighted by Gasteiger charge is 2.38. The van der Waals surface area contributed by atoms with Gasteiger partial charge in [0.1, 0.15) is 12.6 Å². The number of likely N-dealkylation sites (N-methyl/N-ethyl adjacent to an activating group) is 1. The predicted molar refractivity (Wildman–Crippen MR) is 110 cm³/mol. The van der Waals surface area contributed by atoms with E-state index >= 15 is 0 Å². The second-order valence-electron chi connectivity index (χ2n) is 7.09. The molecule has 0 aliphatic rings. The van der Waals surface area contributed by atoms with E-state index in [-0.39, 0.29) is 5.69 Å². The molecule has 0 saturated heterocycles. The Morgan fingerprint density at radius 1 is 1.25 bits per heavy atom. The quantitative estimate of drug-likeness (QED) is 0.302. The van der Waals surface area contributed by atoms with Crippen LogP contribution in [0.2, 0.25) is 0 Å². The molecule has 0 fully saturated rings. The molecule has 0 aliphatic heterocycles. The Labute approximate surface area is 191 Å². The molecule has 2 aromatic rings. The van der Waals surface area contributed by atoms with Gasteiger partial charge in [-0.25, -0.2) is 4.79 Å². The normalized spacial score (nSPS) is 16.8. The summed E-state index contributed by atoms with van der Waals surface area (Å²) in [5, 5.41) is 39.4. The van der Waals surface area contributed by atoms with E-state index in [9.17, 15) is 19.5 Å². The number of aromatic nitrogens is 2. The lowest BCUT2D eigenvalue weighted by atomic mass is 9.96. The number of aliphatic carboxylic acids is 3. The van der Waals surface area contributed by atoms with Gasteiger partial charge in [-0.3, -0.25) is 9.48 Å². The van der Waals surface area contributed by atoms with Gasteiger partial charge in [-0.1, -0.05) is 30.3 Å². The fraction of sp³-hybridized carbons (Fsp3) is 0.429. The average molecular weight is 456 g/mol. The Kier molecular flexibility index (Phi) is 8.08. The maximum atomic E-state index is 10.3. The topological polar surface area (TPSA) is 166 Å². The van der Waals surface area contributed by atoms with E-state index in [1.807, 2.05) is 20.2 Å². The van der Waals surface area contributed by atoms with Gasteiger partial charge in [0.05, 0.1) is 34.2 Å². The van der Waals surface area contributed by atoms with Crippen LogP contribution in [-0.2, 0) is 26.1 Å². The number of carbonyl (C=O) groups is 3. The maximum absolute atomic E-state index is 10.3. The lowest BCUT2D eigenvalue weighted by Gasteiger charge is -2.21. The van der Waals surface area contributed by atoms with Gasteiger partial charge in [-0.2, -0.15) is 5.10 Å². The first-order chi connectivity index (χ1) is 16.5. The molecule has 11 heteroatoms. The molecule has 0 radical (unpaired) electrons. The number of benzene rings is 1. The van der Waals surface area contributed by atoms with Gasteiger partial charge in [-0.05, 0) is 11.6 Å². The van der Waals surface area contributed by atoms with Crippen molar-refractivity contribution in [3.63, 3.8) is 0 Å². The number of aliphatic hydroxyl groups is 1. The summed E-state index contributed by atoms with van der Waals surface area (Å²) < 4.78 is 38.4. The average Bonchev–Trinajstić information content (AvgIpc) is 3.24. The molecule has 1 heterocycles. The fourth-order valence-electron chi connectivity index (χ4n) is 2.43. The minimum Gasteiger partial charge on any atom is -0.550 e. The number of hydrogen-bond donors (Lipinski definition) is 4. The third-order valence-electron chi connectivity index (χ3n) is 4.04. The number of carbonyl (C=O) groups excluding carboxylic acids is 1. The molecule has 2 rings (SSSR count). The van der Waals surface area contributed by atoms with Crippen LogP contribution in [0.4, 0.5) is 0 Å². The van der Waals surface area contributed by atoms with Crippen LogP contribution in [0.3, 0.4) is 0 Å². The van der Waals surface area contributed by atoms with Gasteiger partial charge < -0.3 is 34.9 Å². The number of quaternary nitrogens is 1. The van der Waals surface area contributed by atoms with Crippen LogP contribution in [0.1, 0.15) is 35.7 Å². The van der Waals surface area contributed by atoms with E-state index < -0.39 is 49.4 Å². The van der Waals surface area contributed by atoms with Crippen molar-refractivity contribution in [2.45, 2.75) is 24.5 Å². The molecular weight excluding hydrogens is 422 g/mol. The first kappa shape index (κ1) is 20.6. The second kappa shape index (κ2) is 12.5. The zero-order chi connectivity index (χ0) is 27.7. The first-order valence-corrected chi connectivity index (χ1v) is 9.44. The maximum Gasteiger partial charge on any atom is 0.336 e. The summed E-state index contributed by atoms with van der Waals surface area (Å²) in [5.74, 6) is -5.34. The van der Waals surface area contributed by atoms with E-state index in [0.717, 1.165) is 4.68 Å². The first-order valence-electron chi connectivity index (χ1n) is 11.4. The Morgan fingerprint density at radius 2 is 1.91 bits per heavy atom. The summed E-state index contributed by atoms with van der Waals surface area (Å²) in [5.41, 5.74) is -2.04. The molecule has 4 N–H and O–H groups in total. The smallest absolute Gasteiger partial charge is 0.336 e. The molecule has 1 aromatic carbocycles. The van der Waals surface area contributed by atoms with Crippen LogP contribution in [0.15, 0.2) is 42.6 Å². The van der Waals surface area contributed by atoms with Crippen LogP contribution in [0.5, 0.6) is 0 Å². The lowest BCUT2D eigenvalue weighted by Crippen LogP contribution is -3.06. The zero-order valence-electron chi connectivity index (χ0n) is 21.6. The van der Waals surface area contributed by atoms with E-state index in [1.54, 1.807) is 24.3 Å². The van der Waals surface area contributed by atoms with Crippen molar-refractivity contribution in [2.75, 3.05) is 27.2 Å². The number of ether oxygens (including phenoxy) is 1. The van der Waals surface area contributed by atoms with Gasteiger partial charge in [0.25, 0.3) is 0 Å². The van der Waals surface area contributed by atoms with Gasteiger partial charge in [0.2, 0.25) is 0 Å². The monoisotopic (exact) mass is 455 g/mol. The SMILES string of the molecule is O=C([O-])CC(O)(CC(=O)O)C(=O)O.[2H]C(OCC[NH+](C)C)(c1ccccc1)c1ccnn1C([2H])([2H])[2H]. The van der Waals surface area contributed by atoms with Gasteiger partial charge in [-0.15, -0.1) is 0 Å². The number of nitrogens with one attached hydrogen (secondary N) is 1. The molecule has 2 atom stereocenters. The number of rotatable bonds is 11. The van der Waals surface area contributed by atoms with Crippen molar-refractivity contribution in [1.82, 2.24) is 9.78 Å². The van der Waals surface area contributed by atoms with Crippen molar-refractivity contribution in [2.24, 2.45) is 6.98 Å². The van der Waals surface area contributed by atoms with Gasteiger partial charge >= 0.3 is 11.9 Å². The molecule has 0 aliphatic carbocycles. The number of aryl methyl sites for hydroxylation is 1. The zero-order valence-corrected chi connectivity index (χ0v) is 17.6. The Balaban J connectivity index is 0.000000426. The third kappa shape index (κ3) is 8.84. The van der Waals surface area contributed by atoms with Crippen molar-refractivity contribution < 1.29 is 49.9 Å². The van der Waals surface area contributed by atoms with E-state index in [0.29, 0.717) is 18.7 Å². The minimum atomic E-state index is -2.80. The molecule has 32 heavy (non-hydrogen) atoms. The van der Waals surface area contributed by atoms with E-state index in [2.05, 4.69) is 5.10 Å². The Hall–Kier alpha value is -3.28. The summed E-state index contributed by atoms with van der Waals surface area (Å²) in [6, 6.07) is 10.5. The van der Waals surface area contributed by atoms with Gasteiger partial charge in [0, 0.05) is 29.7 Å². The predicted octanol–water partition coefficient (Wildman–Crippen LogP) is -1.91. The number of carboxylic acids is 3. The Morgan fingerprint density at radius 3 is 2.41 bits per heavy atom. The summed E-state index contributed by atoms with van der Waals surface area (Å²) >= 11 is 0. The largest absolute Gasteiger partial charge is 0.550 e. The molecule has 0 amide bonds.